The number of methoxy groups -OCH3 is 1. The molecule has 8 heteroatoms. The molecule has 0 amide bonds. The van der Waals surface area contributed by atoms with Crippen LogP contribution in [0, 0.1) is 28.1 Å². The third-order valence-corrected chi connectivity index (χ3v) is 14.1. The number of hydrogen-bond acceptors (Lipinski definition) is 5. The average Bonchev–Trinajstić information content (AvgIpc) is 2.94. The molecule has 1 heterocycles. The van der Waals surface area contributed by atoms with Gasteiger partial charge in [0.05, 0.1) is 32.3 Å². The largest absolute Gasteiger partial charge is 0.496 e. The summed E-state index contributed by atoms with van der Waals surface area (Å²) in [4.78, 5) is 28.1. The zero-order valence-electron chi connectivity index (χ0n) is 27.9. The Balaban J connectivity index is 1.49. The van der Waals surface area contributed by atoms with E-state index >= 15 is 0 Å². The van der Waals surface area contributed by atoms with Crippen molar-refractivity contribution in [3.8, 4) is 5.75 Å². The van der Waals surface area contributed by atoms with E-state index < -0.39 is 17.8 Å². The molecular formula is C36H53F2O5S+. The van der Waals surface area contributed by atoms with Crippen LogP contribution in [0.15, 0.2) is 12.1 Å². The van der Waals surface area contributed by atoms with Gasteiger partial charge in [-0.3, -0.25) is 9.59 Å². The molecule has 0 N–H and O–H groups in total. The lowest BCUT2D eigenvalue weighted by molar-refractivity contribution is -0.184. The standard InChI is InChI=1S/C36H53F2O5S/c1-8-26-16-27(29(39)31(33(3,4)5)44-13-11-42-12-14-44)17-28(30(26)41-7)23(2)35-18-24-15-25(19-35)21-36(20-24,22-35)32(40)43-10-9-34(6,37)38/h16-17,23-25,31H,8-15,18-22H2,1-7H3/q+1. The first kappa shape index (κ1) is 33.7. The minimum Gasteiger partial charge on any atom is -0.496 e. The molecule has 1 aliphatic heterocycles. The molecule has 4 atom stereocenters. The smallest absolute Gasteiger partial charge is 0.312 e. The Kier molecular flexibility index (Phi) is 9.57. The number of carbonyl (C=O) groups excluding carboxylic acids is 2. The van der Waals surface area contributed by atoms with Crippen molar-refractivity contribution in [2.24, 2.45) is 28.1 Å². The van der Waals surface area contributed by atoms with Gasteiger partial charge in [0.15, 0.2) is 5.25 Å². The monoisotopic (exact) mass is 635 g/mol. The Morgan fingerprint density at radius 3 is 2.25 bits per heavy atom. The van der Waals surface area contributed by atoms with Crippen molar-refractivity contribution in [3.05, 3.63) is 28.8 Å². The molecule has 44 heavy (non-hydrogen) atoms. The molecule has 5 aliphatic rings. The van der Waals surface area contributed by atoms with Gasteiger partial charge in [-0.1, -0.05) is 34.6 Å². The second-order valence-corrected chi connectivity index (χ2v) is 17.9. The van der Waals surface area contributed by atoms with Gasteiger partial charge in [0.1, 0.15) is 17.3 Å². The number of alkyl halides is 2. The summed E-state index contributed by atoms with van der Waals surface area (Å²) in [5.74, 6) is 0.670. The summed E-state index contributed by atoms with van der Waals surface area (Å²) in [6.07, 6.45) is 5.75. The maximum absolute atomic E-state index is 14.5. The van der Waals surface area contributed by atoms with E-state index in [-0.39, 0.29) is 51.3 Å². The molecule has 1 aromatic rings. The topological polar surface area (TPSA) is 61.8 Å². The summed E-state index contributed by atoms with van der Waals surface area (Å²) in [5, 5.41) is -0.0826. The summed E-state index contributed by atoms with van der Waals surface area (Å²) < 4.78 is 44.3. The van der Waals surface area contributed by atoms with Crippen LogP contribution < -0.4 is 4.74 Å². The third-order valence-electron chi connectivity index (χ3n) is 11.1. The number of benzene rings is 1. The van der Waals surface area contributed by atoms with E-state index in [1.807, 2.05) is 0 Å². The highest BCUT2D eigenvalue weighted by atomic mass is 32.2. The Bertz CT molecular complexity index is 1210. The zero-order valence-corrected chi connectivity index (χ0v) is 28.7. The fraction of sp³-hybridized carbons (Fsp3) is 0.778. The lowest BCUT2D eigenvalue weighted by Crippen LogP contribution is -2.56. The van der Waals surface area contributed by atoms with Crippen LogP contribution in [0.4, 0.5) is 8.78 Å². The highest BCUT2D eigenvalue weighted by molar-refractivity contribution is 7.98. The minimum atomic E-state index is -2.86. The molecule has 4 aliphatic carbocycles. The first-order valence-electron chi connectivity index (χ1n) is 16.7. The van der Waals surface area contributed by atoms with Crippen LogP contribution in [0.3, 0.4) is 0 Å². The van der Waals surface area contributed by atoms with Crippen molar-refractivity contribution < 1.29 is 32.6 Å². The lowest BCUT2D eigenvalue weighted by atomic mass is 9.41. The van der Waals surface area contributed by atoms with Crippen molar-refractivity contribution in [1.29, 1.82) is 0 Å². The van der Waals surface area contributed by atoms with E-state index in [1.165, 1.54) is 0 Å². The number of esters is 1. The molecule has 1 aromatic carbocycles. The highest BCUT2D eigenvalue weighted by Crippen LogP contribution is 2.69. The molecule has 0 aromatic heterocycles. The minimum absolute atomic E-state index is 0.0480. The number of ether oxygens (including phenoxy) is 3. The number of carbonyl (C=O) groups is 2. The fourth-order valence-electron chi connectivity index (χ4n) is 9.54. The molecule has 6 rings (SSSR count). The van der Waals surface area contributed by atoms with Crippen LogP contribution in [-0.4, -0.2) is 61.4 Å². The summed E-state index contributed by atoms with van der Waals surface area (Å²) >= 11 is 0. The quantitative estimate of drug-likeness (QED) is 0.141. The van der Waals surface area contributed by atoms with Crippen LogP contribution >= 0.6 is 0 Å². The van der Waals surface area contributed by atoms with Crippen molar-refractivity contribution in [2.75, 3.05) is 38.4 Å². The summed E-state index contributed by atoms with van der Waals surface area (Å²) in [6, 6.07) is 4.17. The van der Waals surface area contributed by atoms with Crippen LogP contribution in [-0.2, 0) is 31.6 Å². The van der Waals surface area contributed by atoms with E-state index in [2.05, 4.69) is 46.8 Å². The molecule has 5 nitrogen and oxygen atoms in total. The predicted octanol–water partition coefficient (Wildman–Crippen LogP) is 7.78. The summed E-state index contributed by atoms with van der Waals surface area (Å²) in [7, 11) is 1.67. The van der Waals surface area contributed by atoms with Gasteiger partial charge in [-0.25, -0.2) is 8.78 Å². The Labute approximate surface area is 265 Å². The van der Waals surface area contributed by atoms with Gasteiger partial charge in [-0.05, 0) is 98.3 Å². The third kappa shape index (κ3) is 6.59. The number of hydrogen-bond donors (Lipinski definition) is 0. The summed E-state index contributed by atoms with van der Waals surface area (Å²) in [5.41, 5.74) is 1.95. The Morgan fingerprint density at radius 2 is 1.70 bits per heavy atom. The van der Waals surface area contributed by atoms with E-state index in [9.17, 15) is 18.4 Å². The number of aryl methyl sites for hydroxylation is 1. The lowest BCUT2D eigenvalue weighted by Gasteiger charge is -2.63. The van der Waals surface area contributed by atoms with E-state index in [1.54, 1.807) is 7.11 Å². The van der Waals surface area contributed by atoms with Crippen LogP contribution in [0.2, 0.25) is 0 Å². The van der Waals surface area contributed by atoms with Gasteiger partial charge in [0.2, 0.25) is 11.7 Å². The van der Waals surface area contributed by atoms with Crippen molar-refractivity contribution in [2.45, 2.75) is 110 Å². The van der Waals surface area contributed by atoms with Crippen molar-refractivity contribution >= 4 is 22.6 Å². The number of rotatable bonds is 11. The number of Topliss-reactive ketones (excluding diaryl/α,β-unsaturated/α-hetero) is 1. The molecule has 4 saturated carbocycles. The van der Waals surface area contributed by atoms with E-state index in [4.69, 9.17) is 14.2 Å². The summed E-state index contributed by atoms with van der Waals surface area (Å²) in [6.45, 7) is 13.0. The highest BCUT2D eigenvalue weighted by Gasteiger charge is 2.63. The van der Waals surface area contributed by atoms with Gasteiger partial charge in [0, 0.05) is 28.3 Å². The number of ketones is 1. The molecule has 0 radical (unpaired) electrons. The van der Waals surface area contributed by atoms with E-state index in [0.29, 0.717) is 31.5 Å². The molecule has 5 fully saturated rings. The molecule has 4 unspecified atom stereocenters. The molecular weight excluding hydrogens is 582 g/mol. The number of halogens is 2. The maximum atomic E-state index is 14.5. The molecule has 0 spiro atoms. The van der Waals surface area contributed by atoms with Crippen LogP contribution in [0.1, 0.15) is 114 Å². The second kappa shape index (κ2) is 12.5. The average molecular weight is 636 g/mol. The zero-order chi connectivity index (χ0) is 32.1. The van der Waals surface area contributed by atoms with Gasteiger partial charge in [-0.15, -0.1) is 0 Å². The normalized spacial score (nSPS) is 30.2. The SMILES string of the molecule is CCc1cc(C(=O)C([S+]2CCOCC2)C(C)(C)C)cc(C(C)C23CC4CC(CC(C(=O)OCCC(C)(F)F)(C4)C2)C3)c1OC. The first-order valence-corrected chi connectivity index (χ1v) is 18.3. The molecule has 4 bridgehead atoms. The van der Waals surface area contributed by atoms with Gasteiger partial charge in [-0.2, -0.15) is 0 Å². The van der Waals surface area contributed by atoms with Gasteiger partial charge < -0.3 is 14.2 Å². The van der Waals surface area contributed by atoms with Gasteiger partial charge >= 0.3 is 5.97 Å². The maximum Gasteiger partial charge on any atom is 0.312 e. The van der Waals surface area contributed by atoms with E-state index in [0.717, 1.165) is 79.4 Å². The predicted molar refractivity (Wildman–Crippen MR) is 172 cm³/mol. The van der Waals surface area contributed by atoms with Crippen LogP contribution in [0.25, 0.3) is 0 Å². The fourth-order valence-corrected chi connectivity index (χ4v) is 12.3. The Morgan fingerprint density at radius 1 is 1.07 bits per heavy atom. The van der Waals surface area contributed by atoms with Crippen molar-refractivity contribution in [1.82, 2.24) is 0 Å². The molecule has 246 valence electrons. The first-order chi connectivity index (χ1) is 20.6. The van der Waals surface area contributed by atoms with Crippen LogP contribution in [0.5, 0.6) is 5.75 Å². The Hall–Kier alpha value is -1.67. The molecule has 1 saturated heterocycles. The van der Waals surface area contributed by atoms with Gasteiger partial charge in [0.25, 0.3) is 0 Å². The second-order valence-electron chi connectivity index (χ2n) is 15.6. The van der Waals surface area contributed by atoms with Crippen molar-refractivity contribution in [3.63, 3.8) is 0 Å².